The minimum atomic E-state index is -0.374. The number of hydrogen-bond acceptors (Lipinski definition) is 2. The number of carbonyl (C=O) groups is 1. The van der Waals surface area contributed by atoms with Crippen molar-refractivity contribution in [1.82, 2.24) is 0 Å². The van der Waals surface area contributed by atoms with Gasteiger partial charge in [0.25, 0.3) is 0 Å². The summed E-state index contributed by atoms with van der Waals surface area (Å²) < 4.78 is 5.21. The highest BCUT2D eigenvalue weighted by atomic mass is 33.2. The molecule has 4 heteroatoms. The van der Waals surface area contributed by atoms with E-state index in [4.69, 9.17) is 4.74 Å². The van der Waals surface area contributed by atoms with Crippen LogP contribution in [0.25, 0.3) is 0 Å². The first kappa shape index (κ1) is 15.9. The molecule has 2 nitrogen and oxygen atoms in total. The van der Waals surface area contributed by atoms with Crippen molar-refractivity contribution < 1.29 is 9.53 Å². The molecule has 0 saturated heterocycles. The molecule has 110 valence electrons. The number of ether oxygens (including phenoxy) is 1. The first-order valence-electron chi connectivity index (χ1n) is 6.56. The van der Waals surface area contributed by atoms with Gasteiger partial charge >= 0.3 is 5.97 Å². The number of benzene rings is 1. The molecule has 0 aliphatic carbocycles. The van der Waals surface area contributed by atoms with Crippen molar-refractivity contribution >= 4 is 30.8 Å². The molecule has 0 radical (unpaired) electrons. The molecule has 2 rings (SSSR count). The zero-order chi connectivity index (χ0) is 15.2. The molecule has 0 spiro atoms. The Morgan fingerprint density at radius 1 is 1.33 bits per heavy atom. The number of allylic oxidation sites excluding steroid dienone is 2. The quantitative estimate of drug-likeness (QED) is 0.270. The average Bonchev–Trinajstić information content (AvgIpc) is 2.48. The molecule has 0 saturated carbocycles. The maximum absolute atomic E-state index is 11.5. The summed E-state index contributed by atoms with van der Waals surface area (Å²) in [6.45, 7) is 5.22. The lowest BCUT2D eigenvalue weighted by atomic mass is 10.2. The topological polar surface area (TPSA) is 26.3 Å². The molecule has 1 aromatic rings. The first-order valence-corrected chi connectivity index (χ1v) is 10.2. The van der Waals surface area contributed by atoms with E-state index in [9.17, 15) is 4.79 Å². The second-order valence-corrected chi connectivity index (χ2v) is 10.2. The van der Waals surface area contributed by atoms with Gasteiger partial charge in [-0.2, -0.15) is 0 Å². The molecule has 2 atom stereocenters. The van der Waals surface area contributed by atoms with E-state index in [1.54, 1.807) is 6.92 Å². The third kappa shape index (κ3) is 4.76. The molecule has 0 bridgehead atoms. The number of hydrogen-bond donors (Lipinski definition) is 0. The molecule has 0 amide bonds. The average molecular weight is 319 g/mol. The molecule has 1 aromatic carbocycles. The van der Waals surface area contributed by atoms with Gasteiger partial charge in [-0.15, -0.1) is 0 Å². The molecule has 21 heavy (non-hydrogen) atoms. The van der Waals surface area contributed by atoms with Crippen LogP contribution >= 0.6 is 9.52 Å². The molecule has 2 unspecified atom stereocenters. The lowest BCUT2D eigenvalue weighted by molar-refractivity contribution is -0.134. The van der Waals surface area contributed by atoms with Gasteiger partial charge in [0.05, 0.1) is 9.93 Å². The van der Waals surface area contributed by atoms with Crippen LogP contribution in [-0.4, -0.2) is 17.6 Å². The van der Waals surface area contributed by atoms with Crippen LogP contribution in [0.15, 0.2) is 65.8 Å². The summed E-state index contributed by atoms with van der Waals surface area (Å²) in [5, 5.41) is 4.26. The number of rotatable bonds is 5. The highest BCUT2D eigenvalue weighted by molar-refractivity contribution is 8.82. The van der Waals surface area contributed by atoms with Crippen LogP contribution < -0.4 is 0 Å². The van der Waals surface area contributed by atoms with Crippen molar-refractivity contribution in [3.05, 3.63) is 71.4 Å². The van der Waals surface area contributed by atoms with Gasteiger partial charge < -0.3 is 4.74 Å². The highest BCUT2D eigenvalue weighted by Crippen LogP contribution is 2.30. The van der Waals surface area contributed by atoms with E-state index >= 15 is 0 Å². The van der Waals surface area contributed by atoms with Crippen molar-refractivity contribution in [2.45, 2.75) is 12.7 Å². The van der Waals surface area contributed by atoms with Gasteiger partial charge in [0.15, 0.2) is 0 Å². The maximum atomic E-state index is 11.5. The smallest absolute Gasteiger partial charge is 0.338 e. The zero-order valence-electron chi connectivity index (χ0n) is 12.2. The van der Waals surface area contributed by atoms with Crippen molar-refractivity contribution in [3.63, 3.8) is 0 Å². The van der Waals surface area contributed by atoms with Crippen LogP contribution in [0, 0.1) is 0 Å². The Bertz CT molecular complexity index is 627. The fourth-order valence-electron chi connectivity index (χ4n) is 1.70. The Morgan fingerprint density at radius 2 is 2.05 bits per heavy atom. The van der Waals surface area contributed by atoms with E-state index < -0.39 is 0 Å². The van der Waals surface area contributed by atoms with Gasteiger partial charge in [-0.1, -0.05) is 36.9 Å². The van der Waals surface area contributed by atoms with Gasteiger partial charge in [-0.25, -0.2) is 4.79 Å². The van der Waals surface area contributed by atoms with E-state index in [-0.39, 0.29) is 25.4 Å². The Kier molecular flexibility index (Phi) is 5.65. The Balaban J connectivity index is 1.99. The summed E-state index contributed by atoms with van der Waals surface area (Å²) in [6, 6.07) is 10.5. The molecule has 1 aliphatic rings. The molecule has 1 heterocycles. The Morgan fingerprint density at radius 3 is 2.62 bits per heavy atom. The van der Waals surface area contributed by atoms with Gasteiger partial charge in [0.2, 0.25) is 0 Å². The van der Waals surface area contributed by atoms with Crippen molar-refractivity contribution in [1.29, 1.82) is 0 Å². The maximum Gasteiger partial charge on any atom is 0.338 e. The lowest BCUT2D eigenvalue weighted by Crippen LogP contribution is -2.06. The summed E-state index contributed by atoms with van der Waals surface area (Å²) in [5.74, 6) is 1.28. The molecule has 1 aliphatic heterocycles. The fraction of sp³-hybridized carbons (Fsp3) is 0.176. The SMILES string of the molecule is C=C(C)C(=O)OC1=CC=S([S+](C)Cc2ccccc2)C=C1. The molecule has 0 fully saturated rings. The summed E-state index contributed by atoms with van der Waals surface area (Å²) >= 11 is 0. The summed E-state index contributed by atoms with van der Waals surface area (Å²) in [7, 11) is 0.335. The molecule has 0 aromatic heterocycles. The largest absolute Gasteiger partial charge is 0.423 e. The second-order valence-electron chi connectivity index (χ2n) is 4.71. The number of carbonyl (C=O) groups excluding carboxylic acids is 1. The van der Waals surface area contributed by atoms with Crippen molar-refractivity contribution in [2.75, 3.05) is 6.26 Å². The van der Waals surface area contributed by atoms with E-state index in [2.05, 4.69) is 47.9 Å². The second kappa shape index (κ2) is 7.48. The monoisotopic (exact) mass is 319 g/mol. The third-order valence-electron chi connectivity index (χ3n) is 2.83. The van der Waals surface area contributed by atoms with Gasteiger partial charge in [-0.05, 0) is 19.1 Å². The molecule has 0 N–H and O–H groups in total. The van der Waals surface area contributed by atoms with Crippen molar-refractivity contribution in [3.8, 4) is 0 Å². The fourth-order valence-corrected chi connectivity index (χ4v) is 5.79. The standard InChI is InChI=1S/C17H19O2S2/c1-14(2)17(18)19-16-9-11-21(12-10-16)20(3)13-15-7-5-4-6-8-15/h4-12H,1,13H2,2-3H3/q+1. The number of esters is 1. The summed E-state index contributed by atoms with van der Waals surface area (Å²) in [5.41, 5.74) is 1.77. The predicted octanol–water partition coefficient (Wildman–Crippen LogP) is 3.95. The normalized spacial score (nSPS) is 18.4. The van der Waals surface area contributed by atoms with E-state index in [1.807, 2.05) is 18.2 Å². The zero-order valence-corrected chi connectivity index (χ0v) is 13.9. The minimum absolute atomic E-state index is 0.0960. The first-order chi connectivity index (χ1) is 10.1. The predicted molar refractivity (Wildman–Crippen MR) is 95.2 cm³/mol. The van der Waals surface area contributed by atoms with E-state index in [1.165, 1.54) is 5.56 Å². The van der Waals surface area contributed by atoms with Crippen LogP contribution in [0.4, 0.5) is 0 Å². The lowest BCUT2D eigenvalue weighted by Gasteiger charge is -2.09. The highest BCUT2D eigenvalue weighted by Gasteiger charge is 2.18. The van der Waals surface area contributed by atoms with Crippen LogP contribution in [0.5, 0.6) is 0 Å². The van der Waals surface area contributed by atoms with Crippen LogP contribution in [0.3, 0.4) is 0 Å². The van der Waals surface area contributed by atoms with Gasteiger partial charge in [0.1, 0.15) is 17.8 Å². The summed E-state index contributed by atoms with van der Waals surface area (Å²) in [6.07, 6.45) is 6.05. The van der Waals surface area contributed by atoms with Gasteiger partial charge in [-0.3, -0.25) is 0 Å². The summed E-state index contributed by atoms with van der Waals surface area (Å²) in [4.78, 5) is 11.5. The third-order valence-corrected chi connectivity index (χ3v) is 8.03. The minimum Gasteiger partial charge on any atom is -0.423 e. The van der Waals surface area contributed by atoms with E-state index in [0.29, 0.717) is 11.3 Å². The van der Waals surface area contributed by atoms with Gasteiger partial charge in [0, 0.05) is 31.4 Å². The Hall–Kier alpha value is -1.52. The Labute approximate surface area is 130 Å². The van der Waals surface area contributed by atoms with E-state index in [0.717, 1.165) is 5.75 Å². The van der Waals surface area contributed by atoms with Crippen LogP contribution in [0.2, 0.25) is 0 Å². The molecular weight excluding hydrogens is 300 g/mol. The van der Waals surface area contributed by atoms with Crippen LogP contribution in [0.1, 0.15) is 12.5 Å². The van der Waals surface area contributed by atoms with Crippen LogP contribution in [-0.2, 0) is 25.2 Å². The van der Waals surface area contributed by atoms with Crippen molar-refractivity contribution in [2.24, 2.45) is 0 Å². The molecular formula is C17H19O2S2+.